The Labute approximate surface area is 117 Å². The fraction of sp³-hybridized carbons (Fsp3) is 0.615. The monoisotopic (exact) mass is 280 g/mol. The van der Waals surface area contributed by atoms with Crippen LogP contribution < -0.4 is 10.9 Å². The molecule has 0 spiro atoms. The number of nitriles is 1. The third-order valence-electron chi connectivity index (χ3n) is 2.97. The van der Waals surface area contributed by atoms with Crippen LogP contribution >= 0.6 is 11.8 Å². The lowest BCUT2D eigenvalue weighted by Gasteiger charge is -2.25. The number of nitrogens with zero attached hydrogens (tertiary/aromatic N) is 2. The number of rotatable bonds is 8. The molecule has 0 saturated heterocycles. The minimum Gasteiger partial charge on any atom is -0.301 e. The van der Waals surface area contributed by atoms with Gasteiger partial charge >= 0.3 is 0 Å². The van der Waals surface area contributed by atoms with Gasteiger partial charge in [-0.2, -0.15) is 5.26 Å². The van der Waals surface area contributed by atoms with Gasteiger partial charge in [0.25, 0.3) is 5.56 Å². The molecular formula is C13H20N4OS. The summed E-state index contributed by atoms with van der Waals surface area (Å²) in [6.07, 6.45) is 4.00. The summed E-state index contributed by atoms with van der Waals surface area (Å²) in [5, 5.41) is 13.2. The molecule has 1 aromatic rings. The van der Waals surface area contributed by atoms with E-state index in [0.717, 1.165) is 31.6 Å². The Bertz CT molecular complexity index is 482. The van der Waals surface area contributed by atoms with E-state index in [-0.39, 0.29) is 5.56 Å². The molecule has 0 bridgehead atoms. The quantitative estimate of drug-likeness (QED) is 0.432. The van der Waals surface area contributed by atoms with Gasteiger partial charge in [0.2, 0.25) is 0 Å². The zero-order valence-corrected chi connectivity index (χ0v) is 12.2. The Morgan fingerprint density at radius 3 is 2.95 bits per heavy atom. The first-order chi connectivity index (χ1) is 9.15. The maximum atomic E-state index is 11.1. The van der Waals surface area contributed by atoms with Crippen molar-refractivity contribution in [1.29, 1.82) is 5.26 Å². The topological polar surface area (TPSA) is 81.6 Å². The SMILES string of the molecule is CCNC(C#N)(CC)CCCSc1nccc(=O)[nH]1. The van der Waals surface area contributed by atoms with E-state index in [4.69, 9.17) is 0 Å². The molecule has 5 nitrogen and oxygen atoms in total. The van der Waals surface area contributed by atoms with Gasteiger partial charge in [0.15, 0.2) is 5.16 Å². The summed E-state index contributed by atoms with van der Waals surface area (Å²) in [5.41, 5.74) is -0.558. The van der Waals surface area contributed by atoms with Gasteiger partial charge in [-0.15, -0.1) is 0 Å². The molecule has 2 N–H and O–H groups in total. The minimum absolute atomic E-state index is 0.134. The highest BCUT2D eigenvalue weighted by molar-refractivity contribution is 7.99. The van der Waals surface area contributed by atoms with Gasteiger partial charge in [0, 0.05) is 18.0 Å². The number of hydrogen-bond donors (Lipinski definition) is 2. The molecule has 19 heavy (non-hydrogen) atoms. The van der Waals surface area contributed by atoms with Gasteiger partial charge in [0.1, 0.15) is 5.54 Å². The van der Waals surface area contributed by atoms with Crippen LogP contribution in [0.5, 0.6) is 0 Å². The van der Waals surface area contributed by atoms with Crippen molar-refractivity contribution in [3.8, 4) is 6.07 Å². The zero-order chi connectivity index (χ0) is 14.1. The smallest absolute Gasteiger partial charge is 0.251 e. The summed E-state index contributed by atoms with van der Waals surface area (Å²) in [6.45, 7) is 4.83. The number of thioether (sulfide) groups is 1. The number of aromatic amines is 1. The first-order valence-corrected chi connectivity index (χ1v) is 7.48. The van der Waals surface area contributed by atoms with Crippen LogP contribution in [0.4, 0.5) is 0 Å². The highest BCUT2D eigenvalue weighted by Crippen LogP contribution is 2.20. The molecule has 1 heterocycles. The second-order valence-corrected chi connectivity index (χ2v) is 5.35. The van der Waals surface area contributed by atoms with Crippen molar-refractivity contribution in [2.75, 3.05) is 12.3 Å². The minimum atomic E-state index is -0.424. The van der Waals surface area contributed by atoms with Crippen molar-refractivity contribution >= 4 is 11.8 Å². The van der Waals surface area contributed by atoms with E-state index < -0.39 is 5.54 Å². The van der Waals surface area contributed by atoms with E-state index in [9.17, 15) is 10.1 Å². The zero-order valence-electron chi connectivity index (χ0n) is 11.4. The summed E-state index contributed by atoms with van der Waals surface area (Å²) < 4.78 is 0. The standard InChI is InChI=1S/C13H20N4OS/c1-3-13(10-14,16-4-2)7-5-9-19-12-15-8-6-11(18)17-12/h6,8,16H,3-5,7,9H2,1-2H3,(H,15,17,18). The predicted molar refractivity (Wildman–Crippen MR) is 77.1 cm³/mol. The van der Waals surface area contributed by atoms with E-state index in [1.165, 1.54) is 24.0 Å². The normalized spacial score (nSPS) is 13.7. The lowest BCUT2D eigenvalue weighted by Crippen LogP contribution is -2.43. The fourth-order valence-electron chi connectivity index (χ4n) is 1.87. The van der Waals surface area contributed by atoms with E-state index in [0.29, 0.717) is 5.16 Å². The molecule has 0 amide bonds. The highest BCUT2D eigenvalue weighted by atomic mass is 32.2. The van der Waals surface area contributed by atoms with Crippen LogP contribution in [-0.2, 0) is 0 Å². The van der Waals surface area contributed by atoms with Crippen LogP contribution in [0.3, 0.4) is 0 Å². The summed E-state index contributed by atoms with van der Waals surface area (Å²) in [4.78, 5) is 17.8. The fourth-order valence-corrected chi connectivity index (χ4v) is 2.66. The first-order valence-electron chi connectivity index (χ1n) is 6.50. The average Bonchev–Trinajstić information content (AvgIpc) is 2.42. The second kappa shape index (κ2) is 7.97. The van der Waals surface area contributed by atoms with Crippen LogP contribution in [0.25, 0.3) is 0 Å². The van der Waals surface area contributed by atoms with Gasteiger partial charge in [-0.05, 0) is 25.8 Å². The summed E-state index contributed by atoms with van der Waals surface area (Å²) in [7, 11) is 0. The Morgan fingerprint density at radius 2 is 2.37 bits per heavy atom. The van der Waals surface area contributed by atoms with E-state index in [1.54, 1.807) is 0 Å². The number of aromatic nitrogens is 2. The number of nitrogens with one attached hydrogen (secondary N) is 2. The molecule has 1 unspecified atom stereocenters. The maximum absolute atomic E-state index is 11.1. The largest absolute Gasteiger partial charge is 0.301 e. The van der Waals surface area contributed by atoms with Crippen molar-refractivity contribution in [3.63, 3.8) is 0 Å². The van der Waals surface area contributed by atoms with Gasteiger partial charge < -0.3 is 4.98 Å². The molecule has 104 valence electrons. The number of hydrogen-bond acceptors (Lipinski definition) is 5. The molecule has 0 radical (unpaired) electrons. The predicted octanol–water partition coefficient (Wildman–Crippen LogP) is 1.92. The van der Waals surface area contributed by atoms with Crippen molar-refractivity contribution in [3.05, 3.63) is 22.6 Å². The summed E-state index contributed by atoms with van der Waals surface area (Å²) in [5.74, 6) is 0.835. The molecular weight excluding hydrogens is 260 g/mol. The van der Waals surface area contributed by atoms with Crippen LogP contribution in [0.1, 0.15) is 33.1 Å². The van der Waals surface area contributed by atoms with Gasteiger partial charge in [-0.25, -0.2) is 4.98 Å². The molecule has 0 aliphatic heterocycles. The second-order valence-electron chi connectivity index (χ2n) is 4.27. The van der Waals surface area contributed by atoms with E-state index in [2.05, 4.69) is 21.4 Å². The van der Waals surface area contributed by atoms with E-state index in [1.807, 2.05) is 13.8 Å². The van der Waals surface area contributed by atoms with Crippen molar-refractivity contribution < 1.29 is 0 Å². The molecule has 1 aromatic heterocycles. The third kappa shape index (κ3) is 5.05. The summed E-state index contributed by atoms with van der Waals surface area (Å²) in [6, 6.07) is 3.78. The van der Waals surface area contributed by atoms with E-state index >= 15 is 0 Å². The lowest BCUT2D eigenvalue weighted by molar-refractivity contribution is 0.379. The average molecular weight is 280 g/mol. The molecule has 0 aromatic carbocycles. The Kier molecular flexibility index (Phi) is 6.60. The molecule has 0 fully saturated rings. The molecule has 6 heteroatoms. The van der Waals surface area contributed by atoms with Crippen LogP contribution in [0, 0.1) is 11.3 Å². The first kappa shape index (κ1) is 15.7. The van der Waals surface area contributed by atoms with Gasteiger partial charge in [-0.1, -0.05) is 25.6 Å². The highest BCUT2D eigenvalue weighted by Gasteiger charge is 2.25. The number of H-pyrrole nitrogens is 1. The third-order valence-corrected chi connectivity index (χ3v) is 3.94. The van der Waals surface area contributed by atoms with Crippen molar-refractivity contribution in [2.45, 2.75) is 43.8 Å². The Morgan fingerprint density at radius 1 is 1.58 bits per heavy atom. The van der Waals surface area contributed by atoms with Crippen molar-refractivity contribution in [2.24, 2.45) is 0 Å². The maximum Gasteiger partial charge on any atom is 0.251 e. The molecule has 0 aliphatic rings. The van der Waals surface area contributed by atoms with Crippen molar-refractivity contribution in [1.82, 2.24) is 15.3 Å². The molecule has 1 rings (SSSR count). The van der Waals surface area contributed by atoms with Crippen LogP contribution in [-0.4, -0.2) is 27.8 Å². The molecule has 0 saturated carbocycles. The summed E-state index contributed by atoms with van der Waals surface area (Å²) >= 11 is 1.51. The Hall–Kier alpha value is -1.32. The van der Waals surface area contributed by atoms with Crippen LogP contribution in [0.15, 0.2) is 22.2 Å². The lowest BCUT2D eigenvalue weighted by atomic mass is 9.92. The van der Waals surface area contributed by atoms with Gasteiger partial charge in [0.05, 0.1) is 6.07 Å². The molecule has 1 atom stereocenters. The van der Waals surface area contributed by atoms with Gasteiger partial charge in [-0.3, -0.25) is 10.1 Å². The Balaban J connectivity index is 2.41. The van der Waals surface area contributed by atoms with Crippen LogP contribution in [0.2, 0.25) is 0 Å². The molecule has 0 aliphatic carbocycles.